The Labute approximate surface area is 93.0 Å². The Hall–Kier alpha value is -1.29. The van der Waals surface area contributed by atoms with Crippen molar-refractivity contribution in [2.45, 2.75) is 19.8 Å². The Kier molecular flexibility index (Phi) is 4.37. The quantitative estimate of drug-likeness (QED) is 0.446. The summed E-state index contributed by atoms with van der Waals surface area (Å²) >= 11 is 5.72. The Bertz CT molecular complexity index is 355. The molecule has 82 valence electrons. The first kappa shape index (κ1) is 11.8. The average Bonchev–Trinajstić information content (AvgIpc) is 2.20. The van der Waals surface area contributed by atoms with Crippen LogP contribution in [0.25, 0.3) is 0 Å². The Morgan fingerprint density at radius 3 is 3.07 bits per heavy atom. The summed E-state index contributed by atoms with van der Waals surface area (Å²) in [7, 11) is 0. The third kappa shape index (κ3) is 3.75. The van der Waals surface area contributed by atoms with E-state index in [2.05, 4.69) is 0 Å². The van der Waals surface area contributed by atoms with Gasteiger partial charge >= 0.3 is 5.97 Å². The average molecular weight is 230 g/mol. The molecule has 5 heteroatoms. The predicted molar refractivity (Wildman–Crippen MR) is 55.4 cm³/mol. The Balaban J connectivity index is 2.57. The first-order valence-corrected chi connectivity index (χ1v) is 5.04. The van der Waals surface area contributed by atoms with Crippen molar-refractivity contribution in [3.63, 3.8) is 0 Å². The van der Waals surface area contributed by atoms with Gasteiger partial charge in [0.25, 0.3) is 0 Å². The van der Waals surface area contributed by atoms with Crippen LogP contribution in [0.2, 0.25) is 5.02 Å². The van der Waals surface area contributed by atoms with E-state index < -0.39 is 0 Å². The second kappa shape index (κ2) is 5.56. The molecule has 0 spiro atoms. The summed E-state index contributed by atoms with van der Waals surface area (Å²) in [4.78, 5) is 11.0. The second-order valence-corrected chi connectivity index (χ2v) is 3.40. The standard InChI is InChI=1S/C10H12ClNO3/c1-2-15-10(13)4-3-9-7-8(11)5-6-12(9)14/h5-7H,2-4H2,1H3. The number of nitrogens with zero attached hydrogens (tertiary/aromatic N) is 1. The van der Waals surface area contributed by atoms with E-state index in [0.717, 1.165) is 0 Å². The van der Waals surface area contributed by atoms with Crippen molar-refractivity contribution in [3.05, 3.63) is 34.3 Å². The van der Waals surface area contributed by atoms with Gasteiger partial charge in [-0.2, -0.15) is 4.73 Å². The minimum absolute atomic E-state index is 0.191. The zero-order valence-corrected chi connectivity index (χ0v) is 9.16. The SMILES string of the molecule is CCOC(=O)CCc1cc(Cl)cc[n+]1[O-]. The zero-order valence-electron chi connectivity index (χ0n) is 8.40. The van der Waals surface area contributed by atoms with Crippen LogP contribution in [0.1, 0.15) is 19.0 Å². The van der Waals surface area contributed by atoms with Gasteiger partial charge in [0.05, 0.1) is 18.1 Å². The van der Waals surface area contributed by atoms with Crippen LogP contribution in [-0.4, -0.2) is 12.6 Å². The number of pyridine rings is 1. The lowest BCUT2D eigenvalue weighted by Crippen LogP contribution is -2.31. The molecule has 0 saturated carbocycles. The van der Waals surface area contributed by atoms with Gasteiger partial charge in [0.1, 0.15) is 0 Å². The molecule has 0 unspecified atom stereocenters. The second-order valence-electron chi connectivity index (χ2n) is 2.97. The van der Waals surface area contributed by atoms with E-state index in [4.69, 9.17) is 16.3 Å². The van der Waals surface area contributed by atoms with Crippen molar-refractivity contribution in [1.29, 1.82) is 0 Å². The summed E-state index contributed by atoms with van der Waals surface area (Å²) in [5.74, 6) is -0.308. The molecule has 1 rings (SSSR count). The van der Waals surface area contributed by atoms with E-state index in [1.54, 1.807) is 13.0 Å². The molecule has 4 nitrogen and oxygen atoms in total. The summed E-state index contributed by atoms with van der Waals surface area (Å²) in [6.07, 6.45) is 1.85. The van der Waals surface area contributed by atoms with Crippen molar-refractivity contribution in [2.24, 2.45) is 0 Å². The van der Waals surface area contributed by atoms with Gasteiger partial charge in [-0.05, 0) is 6.92 Å². The molecule has 0 aliphatic rings. The molecule has 0 atom stereocenters. The van der Waals surface area contributed by atoms with Gasteiger partial charge in [0.2, 0.25) is 0 Å². The highest BCUT2D eigenvalue weighted by Gasteiger charge is 2.09. The molecule has 0 bridgehead atoms. The summed E-state index contributed by atoms with van der Waals surface area (Å²) in [6.45, 7) is 2.09. The molecule has 1 aromatic rings. The van der Waals surface area contributed by atoms with Crippen molar-refractivity contribution >= 4 is 17.6 Å². The van der Waals surface area contributed by atoms with Crippen molar-refractivity contribution in [1.82, 2.24) is 0 Å². The fourth-order valence-electron chi connectivity index (χ4n) is 1.15. The zero-order chi connectivity index (χ0) is 11.3. The molecule has 15 heavy (non-hydrogen) atoms. The Morgan fingerprint density at radius 2 is 2.40 bits per heavy atom. The first-order valence-electron chi connectivity index (χ1n) is 4.66. The maximum absolute atomic E-state index is 11.2. The van der Waals surface area contributed by atoms with Crippen LogP contribution in [-0.2, 0) is 16.0 Å². The number of rotatable bonds is 4. The largest absolute Gasteiger partial charge is 0.619 e. The van der Waals surface area contributed by atoms with Crippen molar-refractivity contribution in [3.8, 4) is 0 Å². The number of hydrogen-bond acceptors (Lipinski definition) is 3. The van der Waals surface area contributed by atoms with Gasteiger partial charge in [-0.25, -0.2) is 0 Å². The smallest absolute Gasteiger partial charge is 0.306 e. The molecular formula is C10H12ClNO3. The third-order valence-corrected chi connectivity index (χ3v) is 2.08. The van der Waals surface area contributed by atoms with E-state index in [0.29, 0.717) is 28.5 Å². The predicted octanol–water partition coefficient (Wildman–Crippen LogP) is 1.47. The lowest BCUT2D eigenvalue weighted by molar-refractivity contribution is -0.614. The maximum Gasteiger partial charge on any atom is 0.306 e. The van der Waals surface area contributed by atoms with Gasteiger partial charge in [-0.15, -0.1) is 0 Å². The third-order valence-electron chi connectivity index (χ3n) is 1.85. The number of aryl methyl sites for hydroxylation is 1. The van der Waals surface area contributed by atoms with Crippen LogP contribution < -0.4 is 4.73 Å². The van der Waals surface area contributed by atoms with Crippen LogP contribution in [0.5, 0.6) is 0 Å². The highest BCUT2D eigenvalue weighted by atomic mass is 35.5. The number of carbonyl (C=O) groups excluding carboxylic acids is 1. The van der Waals surface area contributed by atoms with Crippen molar-refractivity contribution < 1.29 is 14.3 Å². The fraction of sp³-hybridized carbons (Fsp3) is 0.400. The molecule has 0 aromatic carbocycles. The maximum atomic E-state index is 11.2. The van der Waals surface area contributed by atoms with Gasteiger partial charge in [-0.3, -0.25) is 4.79 Å². The molecule has 0 aliphatic heterocycles. The normalized spacial score (nSPS) is 10.0. The highest BCUT2D eigenvalue weighted by molar-refractivity contribution is 6.30. The summed E-state index contributed by atoms with van der Waals surface area (Å²) < 4.78 is 5.45. The number of halogens is 1. The molecule has 0 saturated heterocycles. The van der Waals surface area contributed by atoms with Crippen molar-refractivity contribution in [2.75, 3.05) is 6.61 Å². The molecule has 1 heterocycles. The van der Waals surface area contributed by atoms with Crippen LogP contribution in [0, 0.1) is 5.21 Å². The van der Waals surface area contributed by atoms with E-state index in [9.17, 15) is 10.0 Å². The van der Waals surface area contributed by atoms with E-state index in [1.807, 2.05) is 0 Å². The number of aromatic nitrogens is 1. The molecule has 0 radical (unpaired) electrons. The Morgan fingerprint density at radius 1 is 1.67 bits per heavy atom. The van der Waals surface area contributed by atoms with E-state index in [-0.39, 0.29) is 12.4 Å². The van der Waals surface area contributed by atoms with Crippen LogP contribution >= 0.6 is 11.6 Å². The molecule has 0 amide bonds. The molecule has 1 aromatic heterocycles. The van der Waals surface area contributed by atoms with Crippen LogP contribution in [0.3, 0.4) is 0 Å². The lowest BCUT2D eigenvalue weighted by Gasteiger charge is -2.04. The first-order chi connectivity index (χ1) is 7.13. The minimum atomic E-state index is -0.308. The number of hydrogen-bond donors (Lipinski definition) is 0. The van der Waals surface area contributed by atoms with Crippen LogP contribution in [0.4, 0.5) is 0 Å². The van der Waals surface area contributed by atoms with E-state index in [1.165, 1.54) is 12.3 Å². The van der Waals surface area contributed by atoms with Gasteiger partial charge in [0.15, 0.2) is 11.9 Å². The minimum Gasteiger partial charge on any atom is -0.619 e. The summed E-state index contributed by atoms with van der Waals surface area (Å²) in [5, 5.41) is 11.7. The molecule has 0 fully saturated rings. The highest BCUT2D eigenvalue weighted by Crippen LogP contribution is 2.08. The molecular weight excluding hydrogens is 218 g/mol. The van der Waals surface area contributed by atoms with E-state index >= 15 is 0 Å². The van der Waals surface area contributed by atoms with Gasteiger partial charge in [-0.1, -0.05) is 11.6 Å². The number of esters is 1. The topological polar surface area (TPSA) is 53.2 Å². The number of carbonyl (C=O) groups is 1. The molecule has 0 aliphatic carbocycles. The van der Waals surface area contributed by atoms with Gasteiger partial charge in [0, 0.05) is 18.6 Å². The van der Waals surface area contributed by atoms with Gasteiger partial charge < -0.3 is 9.94 Å². The summed E-state index contributed by atoms with van der Waals surface area (Å²) in [6, 6.07) is 3.05. The lowest BCUT2D eigenvalue weighted by atomic mass is 10.2. The fourth-order valence-corrected chi connectivity index (χ4v) is 1.33. The van der Waals surface area contributed by atoms with Crippen LogP contribution in [0.15, 0.2) is 18.3 Å². The molecule has 0 N–H and O–H groups in total. The summed E-state index contributed by atoms with van der Waals surface area (Å²) in [5.41, 5.74) is 0.468. The monoisotopic (exact) mass is 229 g/mol. The number of ether oxygens (including phenoxy) is 1.